The van der Waals surface area contributed by atoms with E-state index in [1.54, 1.807) is 6.08 Å². The molecule has 0 aliphatic carbocycles. The Kier molecular flexibility index (Phi) is 11.9. The molecule has 0 bridgehead atoms. The number of fused-ring (bicyclic) bond motifs is 1. The van der Waals surface area contributed by atoms with Crippen LogP contribution in [0.25, 0.3) is 16.8 Å². The van der Waals surface area contributed by atoms with Crippen molar-refractivity contribution in [2.45, 2.75) is 111 Å². The molecule has 8 heteroatoms. The lowest BCUT2D eigenvalue weighted by Crippen LogP contribution is -2.45. The van der Waals surface area contributed by atoms with Crippen molar-refractivity contribution in [3.8, 4) is 6.07 Å². The molecule has 1 amide bonds. The number of ether oxygens (including phenoxy) is 1. The quantitative estimate of drug-likeness (QED) is 0.119. The Balaban J connectivity index is 1.07. The van der Waals surface area contributed by atoms with Gasteiger partial charge in [-0.25, -0.2) is 0 Å². The molecule has 0 spiro atoms. The third-order valence-electron chi connectivity index (χ3n) is 10.4. The molecule has 2 fully saturated rings. The molecule has 46 heavy (non-hydrogen) atoms. The van der Waals surface area contributed by atoms with Gasteiger partial charge in [-0.1, -0.05) is 69.9 Å². The van der Waals surface area contributed by atoms with E-state index >= 15 is 0 Å². The number of piperidine rings is 1. The molecule has 5 atom stereocenters. The van der Waals surface area contributed by atoms with Gasteiger partial charge in [-0.3, -0.25) is 9.48 Å². The Morgan fingerprint density at radius 3 is 2.54 bits per heavy atom. The van der Waals surface area contributed by atoms with Crippen LogP contribution in [0, 0.1) is 29.1 Å². The number of carbonyl (C=O) groups is 1. The number of benzene rings is 2. The number of nitriles is 1. The number of anilines is 1. The van der Waals surface area contributed by atoms with Crippen LogP contribution in [-0.4, -0.2) is 46.2 Å². The lowest BCUT2D eigenvalue weighted by atomic mass is 9.71. The van der Waals surface area contributed by atoms with Crippen LogP contribution in [0.4, 0.5) is 5.69 Å². The fourth-order valence-corrected chi connectivity index (χ4v) is 7.63. The first-order valence-corrected chi connectivity index (χ1v) is 17.6. The number of aromatic nitrogens is 3. The van der Waals surface area contributed by atoms with Crippen LogP contribution < -0.4 is 10.2 Å². The molecule has 246 valence electrons. The zero-order valence-electron chi connectivity index (χ0n) is 28.3. The number of nitrogens with one attached hydrogen (secondary N) is 1. The number of unbranched alkanes of at least 4 members (excludes halogenated alkanes) is 2. The minimum absolute atomic E-state index is 0.0676. The van der Waals surface area contributed by atoms with E-state index in [2.05, 4.69) is 78.6 Å². The second kappa shape index (κ2) is 16.2. The van der Waals surface area contributed by atoms with Crippen LogP contribution in [0.5, 0.6) is 0 Å². The van der Waals surface area contributed by atoms with Crippen LogP contribution in [0.2, 0.25) is 0 Å². The van der Waals surface area contributed by atoms with Crippen LogP contribution in [-0.2, 0) is 22.6 Å². The smallest absolute Gasteiger partial charge is 0.262 e. The molecule has 2 aliphatic rings. The highest BCUT2D eigenvalue weighted by Gasteiger charge is 2.39. The first-order chi connectivity index (χ1) is 22.4. The van der Waals surface area contributed by atoms with Gasteiger partial charge in [0.2, 0.25) is 0 Å². The first-order valence-electron chi connectivity index (χ1n) is 17.6. The zero-order valence-corrected chi connectivity index (χ0v) is 28.3. The van der Waals surface area contributed by atoms with Crippen molar-refractivity contribution < 1.29 is 9.53 Å². The van der Waals surface area contributed by atoms with Crippen LogP contribution in [0.1, 0.15) is 96.7 Å². The normalized spacial score (nSPS) is 23.8. The molecule has 5 unspecified atom stereocenters. The van der Waals surface area contributed by atoms with Crippen molar-refractivity contribution in [1.82, 2.24) is 20.3 Å². The summed E-state index contributed by atoms with van der Waals surface area (Å²) >= 11 is 0. The Morgan fingerprint density at radius 1 is 1.02 bits per heavy atom. The van der Waals surface area contributed by atoms with Crippen molar-refractivity contribution in [3.63, 3.8) is 0 Å². The molecular formula is C38H52N6O2. The minimum Gasteiger partial charge on any atom is -0.375 e. The third kappa shape index (κ3) is 8.36. The first kappa shape index (κ1) is 33.7. The summed E-state index contributed by atoms with van der Waals surface area (Å²) in [5.41, 5.74) is 2.83. The van der Waals surface area contributed by atoms with Crippen LogP contribution in [0.3, 0.4) is 0 Å². The number of nitrogens with zero attached hydrogens (tertiary/aromatic N) is 5. The minimum atomic E-state index is -0.415. The molecule has 0 radical (unpaired) electrons. The summed E-state index contributed by atoms with van der Waals surface area (Å²) in [6, 6.07) is 14.6. The van der Waals surface area contributed by atoms with E-state index in [9.17, 15) is 10.1 Å². The number of hydrogen-bond donors (Lipinski definition) is 1. The summed E-state index contributed by atoms with van der Waals surface area (Å²) in [7, 11) is 0. The average Bonchev–Trinajstić information content (AvgIpc) is 3.54. The molecule has 0 saturated carbocycles. The van der Waals surface area contributed by atoms with Gasteiger partial charge in [0.15, 0.2) is 0 Å². The van der Waals surface area contributed by atoms with Gasteiger partial charge in [-0.2, -0.15) is 5.26 Å². The number of carbonyl (C=O) groups excluding carboxylic acids is 1. The molecule has 3 aromatic rings. The Hall–Kier alpha value is -3.70. The van der Waals surface area contributed by atoms with Crippen molar-refractivity contribution in [2.24, 2.45) is 17.8 Å². The van der Waals surface area contributed by atoms with E-state index in [4.69, 9.17) is 4.74 Å². The van der Waals surface area contributed by atoms with Gasteiger partial charge in [-0.05, 0) is 97.4 Å². The summed E-state index contributed by atoms with van der Waals surface area (Å²) in [4.78, 5) is 15.3. The zero-order chi connectivity index (χ0) is 32.5. The highest BCUT2D eigenvalue weighted by Crippen LogP contribution is 2.40. The molecule has 2 aliphatic heterocycles. The summed E-state index contributed by atoms with van der Waals surface area (Å²) in [5.74, 6) is 1.62. The maximum atomic E-state index is 12.9. The summed E-state index contributed by atoms with van der Waals surface area (Å²) in [6.07, 6.45) is 14.9. The van der Waals surface area contributed by atoms with E-state index < -0.39 is 5.91 Å². The van der Waals surface area contributed by atoms with Gasteiger partial charge >= 0.3 is 0 Å². The van der Waals surface area contributed by atoms with Gasteiger partial charge in [0.1, 0.15) is 17.3 Å². The van der Waals surface area contributed by atoms with Gasteiger partial charge < -0.3 is 15.0 Å². The SMILES string of the molecule is CCC1C(CCCCCn2cc(CNC(=O)/C(C#N)=C/c3ccc4cc(N5CCCCC5)ccc4c3)nn2)OC(C)C(C)C1CC. The summed E-state index contributed by atoms with van der Waals surface area (Å²) in [5, 5.41) is 23.3. The van der Waals surface area contributed by atoms with E-state index in [0.29, 0.717) is 29.7 Å². The Labute approximate surface area is 275 Å². The van der Waals surface area contributed by atoms with Crippen molar-refractivity contribution in [1.29, 1.82) is 5.26 Å². The molecule has 1 aromatic heterocycles. The van der Waals surface area contributed by atoms with Crippen molar-refractivity contribution >= 4 is 28.4 Å². The summed E-state index contributed by atoms with van der Waals surface area (Å²) in [6.45, 7) is 12.5. The molecule has 2 aromatic carbocycles. The highest BCUT2D eigenvalue weighted by molar-refractivity contribution is 6.02. The van der Waals surface area contributed by atoms with E-state index in [0.717, 1.165) is 67.6 Å². The predicted octanol–water partition coefficient (Wildman–Crippen LogP) is 7.68. The highest BCUT2D eigenvalue weighted by atomic mass is 16.5. The van der Waals surface area contributed by atoms with Crippen molar-refractivity contribution in [3.05, 3.63) is 59.4 Å². The largest absolute Gasteiger partial charge is 0.375 e. The molecule has 3 heterocycles. The summed E-state index contributed by atoms with van der Waals surface area (Å²) < 4.78 is 8.30. The van der Waals surface area contributed by atoms with E-state index in [1.807, 2.05) is 23.0 Å². The second-order valence-electron chi connectivity index (χ2n) is 13.4. The Bertz CT molecular complexity index is 1520. The van der Waals surface area contributed by atoms with Crippen LogP contribution >= 0.6 is 0 Å². The maximum absolute atomic E-state index is 12.9. The van der Waals surface area contributed by atoms with Gasteiger partial charge in [-0.15, -0.1) is 5.10 Å². The average molecular weight is 625 g/mol. The number of amides is 1. The van der Waals surface area contributed by atoms with E-state index in [1.165, 1.54) is 37.8 Å². The monoisotopic (exact) mass is 624 g/mol. The third-order valence-corrected chi connectivity index (χ3v) is 10.4. The topological polar surface area (TPSA) is 96.1 Å². The van der Waals surface area contributed by atoms with E-state index in [-0.39, 0.29) is 12.1 Å². The number of hydrogen-bond acceptors (Lipinski definition) is 6. The molecule has 8 nitrogen and oxygen atoms in total. The fourth-order valence-electron chi connectivity index (χ4n) is 7.63. The second-order valence-corrected chi connectivity index (χ2v) is 13.4. The molecule has 1 N–H and O–H groups in total. The van der Waals surface area contributed by atoms with Gasteiger partial charge in [0, 0.05) is 25.3 Å². The standard InChI is InChI=1S/C38H52N6O2/c1-5-35-27(3)28(4)46-37(36(35)6-2)13-9-7-12-20-44-26-33(41-42-44)25-40-38(45)32(24-39)22-29-14-15-31-23-34(17-16-30(31)21-29)43-18-10-8-11-19-43/h14-17,21-23,26-28,35-37H,5-13,18-20,25H2,1-4H3,(H,40,45)/b32-22+. The Morgan fingerprint density at radius 2 is 1.78 bits per heavy atom. The van der Waals surface area contributed by atoms with Crippen molar-refractivity contribution in [2.75, 3.05) is 18.0 Å². The lowest BCUT2D eigenvalue weighted by Gasteiger charge is -2.45. The fraction of sp³-hybridized carbons (Fsp3) is 0.579. The molecular weight excluding hydrogens is 572 g/mol. The van der Waals surface area contributed by atoms with Gasteiger partial charge in [0.25, 0.3) is 5.91 Å². The van der Waals surface area contributed by atoms with Gasteiger partial charge in [0.05, 0.1) is 24.9 Å². The number of rotatable bonds is 13. The number of aryl methyl sites for hydroxylation is 1. The predicted molar refractivity (Wildman–Crippen MR) is 185 cm³/mol. The lowest BCUT2D eigenvalue weighted by molar-refractivity contribution is -0.138. The molecule has 5 rings (SSSR count). The van der Waals surface area contributed by atoms with Crippen LogP contribution in [0.15, 0.2) is 48.2 Å². The maximum Gasteiger partial charge on any atom is 0.262 e. The molecule has 2 saturated heterocycles.